The lowest BCUT2D eigenvalue weighted by Gasteiger charge is -2.15. The molecule has 0 heterocycles. The molecule has 0 saturated carbocycles. The normalized spacial score (nSPS) is 14.5. The van der Waals surface area contributed by atoms with Crippen LogP contribution >= 0.6 is 19.2 Å². The Kier molecular flexibility index (Phi) is 6.77. The van der Waals surface area contributed by atoms with E-state index < -0.39 is 52.3 Å². The van der Waals surface area contributed by atoms with Gasteiger partial charge in [0.15, 0.2) is 0 Å². The van der Waals surface area contributed by atoms with Gasteiger partial charge in [0, 0.05) is 12.1 Å². The first-order valence-electron chi connectivity index (χ1n) is 7.87. The van der Waals surface area contributed by atoms with E-state index in [9.17, 15) is 37.5 Å². The average molecular weight is 469 g/mol. The Morgan fingerprint density at radius 3 is 2.43 bits per heavy atom. The first kappa shape index (κ1) is 23.6. The zero-order chi connectivity index (χ0) is 22.9. The van der Waals surface area contributed by atoms with E-state index in [0.717, 1.165) is 31.2 Å². The molecule has 2 unspecified atom stereocenters. The fraction of sp³-hybridized carbons (Fsp3) is 0.188. The second kappa shape index (κ2) is 8.60. The number of nitrogens with two attached hydrogens (primary N) is 1. The summed E-state index contributed by atoms with van der Waals surface area (Å²) in [4.78, 5) is 32.0. The molecule has 2 aromatic carbocycles. The van der Waals surface area contributed by atoms with Gasteiger partial charge in [-0.2, -0.15) is 13.2 Å². The zero-order valence-electron chi connectivity index (χ0n) is 14.9. The van der Waals surface area contributed by atoms with E-state index in [0.29, 0.717) is 12.1 Å². The summed E-state index contributed by atoms with van der Waals surface area (Å²) in [5, 5.41) is 10.7. The zero-order valence-corrected chi connectivity index (χ0v) is 16.6. The van der Waals surface area contributed by atoms with E-state index in [1.54, 1.807) is 0 Å². The number of nitrogens with zero attached hydrogens (tertiary/aromatic N) is 1. The summed E-state index contributed by atoms with van der Waals surface area (Å²) in [5.74, 6) is -3.44. The average Bonchev–Trinajstić information content (AvgIpc) is 2.61. The summed E-state index contributed by atoms with van der Waals surface area (Å²) in [6.07, 6.45) is -4.63. The standard InChI is InChI=1S/C16H13ClF3N2O7P/c1-8(21)30(26,27)29-15(23)11-7-10(3-4-13(11)22(24)25)28-14-5-2-9(6-12(14)17)16(18,19)20/h2-8H,21H2,1H3,(H,26,27). The molecule has 0 aliphatic heterocycles. The van der Waals surface area contributed by atoms with Gasteiger partial charge in [0.2, 0.25) is 0 Å². The molecule has 0 spiro atoms. The molecule has 0 fully saturated rings. The minimum atomic E-state index is -4.63. The van der Waals surface area contributed by atoms with Gasteiger partial charge in [0.1, 0.15) is 22.8 Å². The van der Waals surface area contributed by atoms with Crippen molar-refractivity contribution in [2.24, 2.45) is 5.73 Å². The summed E-state index contributed by atoms with van der Waals surface area (Å²) in [6, 6.07) is 4.94. The molecule has 2 atom stereocenters. The Balaban J connectivity index is 2.40. The molecule has 0 aromatic heterocycles. The molecule has 2 aromatic rings. The Morgan fingerprint density at radius 1 is 1.30 bits per heavy atom. The molecule has 14 heteroatoms. The molecule has 30 heavy (non-hydrogen) atoms. The minimum absolute atomic E-state index is 0.234. The van der Waals surface area contributed by atoms with Gasteiger partial charge in [0.05, 0.1) is 15.5 Å². The van der Waals surface area contributed by atoms with Crippen LogP contribution in [0.2, 0.25) is 5.02 Å². The van der Waals surface area contributed by atoms with Crippen molar-refractivity contribution >= 4 is 30.9 Å². The highest BCUT2D eigenvalue weighted by molar-refractivity contribution is 7.54. The van der Waals surface area contributed by atoms with Crippen LogP contribution in [0.3, 0.4) is 0 Å². The summed E-state index contributed by atoms with van der Waals surface area (Å²) < 4.78 is 59.6. The number of hydrogen-bond donors (Lipinski definition) is 2. The highest BCUT2D eigenvalue weighted by Crippen LogP contribution is 2.46. The molecule has 9 nitrogen and oxygen atoms in total. The van der Waals surface area contributed by atoms with Crippen molar-refractivity contribution in [2.75, 3.05) is 0 Å². The monoisotopic (exact) mass is 468 g/mol. The van der Waals surface area contributed by atoms with Gasteiger partial charge >= 0.3 is 19.7 Å². The van der Waals surface area contributed by atoms with Gasteiger partial charge in [0.25, 0.3) is 5.69 Å². The van der Waals surface area contributed by atoms with Crippen LogP contribution in [0, 0.1) is 10.1 Å². The third-order valence-corrected chi connectivity index (χ3v) is 5.35. The molecule has 0 amide bonds. The minimum Gasteiger partial charge on any atom is -0.456 e. The lowest BCUT2D eigenvalue weighted by molar-refractivity contribution is -0.385. The van der Waals surface area contributed by atoms with Crippen LogP contribution in [0.15, 0.2) is 36.4 Å². The quantitative estimate of drug-likeness (QED) is 0.352. The van der Waals surface area contributed by atoms with E-state index in [2.05, 4.69) is 4.52 Å². The molecule has 0 saturated heterocycles. The topological polar surface area (TPSA) is 142 Å². The van der Waals surface area contributed by atoms with Crippen LogP contribution in [-0.4, -0.2) is 21.6 Å². The van der Waals surface area contributed by atoms with E-state index >= 15 is 0 Å². The van der Waals surface area contributed by atoms with Crippen molar-refractivity contribution in [2.45, 2.75) is 18.9 Å². The predicted molar refractivity (Wildman–Crippen MR) is 98.5 cm³/mol. The highest BCUT2D eigenvalue weighted by atomic mass is 35.5. The number of alkyl halides is 3. The van der Waals surface area contributed by atoms with Crippen molar-refractivity contribution < 1.29 is 41.6 Å². The smallest absolute Gasteiger partial charge is 0.416 e. The van der Waals surface area contributed by atoms with Gasteiger partial charge in [-0.1, -0.05) is 11.6 Å². The van der Waals surface area contributed by atoms with Crippen LogP contribution in [0.4, 0.5) is 18.9 Å². The number of nitro benzene ring substituents is 1. The van der Waals surface area contributed by atoms with E-state index in [1.807, 2.05) is 0 Å². The number of benzene rings is 2. The SMILES string of the molecule is CC(N)P(=O)(O)OC(=O)c1cc(Oc2ccc(C(F)(F)F)cc2Cl)ccc1[N+](=O)[O-]. The molecule has 0 bridgehead atoms. The van der Waals surface area contributed by atoms with Crippen molar-refractivity contribution in [1.82, 2.24) is 0 Å². The highest BCUT2D eigenvalue weighted by Gasteiger charge is 2.33. The van der Waals surface area contributed by atoms with Gasteiger partial charge < -0.3 is 19.9 Å². The predicted octanol–water partition coefficient (Wildman–Crippen LogP) is 4.71. The third kappa shape index (κ3) is 5.48. The van der Waals surface area contributed by atoms with Crippen molar-refractivity contribution in [3.05, 3.63) is 62.7 Å². The fourth-order valence-corrected chi connectivity index (χ4v) is 2.76. The number of nitro groups is 1. The summed E-state index contributed by atoms with van der Waals surface area (Å²) in [5.41, 5.74) is 2.71. The van der Waals surface area contributed by atoms with E-state index in [-0.39, 0.29) is 11.5 Å². The molecule has 2 rings (SSSR count). The number of carbonyl (C=O) groups excluding carboxylic acids is 1. The van der Waals surface area contributed by atoms with E-state index in [1.165, 1.54) is 0 Å². The second-order valence-electron chi connectivity index (χ2n) is 5.86. The lowest BCUT2D eigenvalue weighted by atomic mass is 10.1. The summed E-state index contributed by atoms with van der Waals surface area (Å²) >= 11 is 5.78. The maximum atomic E-state index is 12.7. The molecule has 0 aliphatic rings. The summed E-state index contributed by atoms with van der Waals surface area (Å²) in [7, 11) is -4.61. The molecule has 162 valence electrons. The second-order valence-corrected chi connectivity index (χ2v) is 8.40. The number of ether oxygens (including phenoxy) is 1. The first-order chi connectivity index (χ1) is 13.7. The Labute approximate surface area is 171 Å². The molecule has 0 aliphatic carbocycles. The molecule has 0 radical (unpaired) electrons. The van der Waals surface area contributed by atoms with Crippen LogP contribution < -0.4 is 10.5 Å². The van der Waals surface area contributed by atoms with E-state index in [4.69, 9.17) is 22.1 Å². The largest absolute Gasteiger partial charge is 0.456 e. The van der Waals surface area contributed by atoms with Crippen LogP contribution in [0.25, 0.3) is 0 Å². The number of hydrogen-bond acceptors (Lipinski definition) is 7. The van der Waals surface area contributed by atoms with Gasteiger partial charge in [-0.25, -0.2) is 9.36 Å². The van der Waals surface area contributed by atoms with Gasteiger partial charge in [-0.15, -0.1) is 0 Å². The van der Waals surface area contributed by atoms with Crippen molar-refractivity contribution in [3.8, 4) is 11.5 Å². The number of halogens is 4. The molecular weight excluding hydrogens is 456 g/mol. The van der Waals surface area contributed by atoms with Gasteiger partial charge in [-0.05, 0) is 31.2 Å². The van der Waals surface area contributed by atoms with Crippen LogP contribution in [0.5, 0.6) is 11.5 Å². The Hall–Kier alpha value is -2.66. The van der Waals surface area contributed by atoms with Crippen LogP contribution in [-0.2, 0) is 15.3 Å². The fourth-order valence-electron chi connectivity index (χ4n) is 2.04. The maximum absolute atomic E-state index is 12.7. The number of rotatable bonds is 6. The maximum Gasteiger partial charge on any atom is 0.416 e. The Morgan fingerprint density at radius 2 is 1.93 bits per heavy atom. The van der Waals surface area contributed by atoms with Crippen LogP contribution in [0.1, 0.15) is 22.8 Å². The molecule has 3 N–H and O–H groups in total. The molecular formula is C16H13ClF3N2O7P. The van der Waals surface area contributed by atoms with Crippen molar-refractivity contribution in [3.63, 3.8) is 0 Å². The number of carbonyl (C=O) groups is 1. The van der Waals surface area contributed by atoms with Crippen molar-refractivity contribution in [1.29, 1.82) is 0 Å². The third-order valence-electron chi connectivity index (χ3n) is 3.60. The Bertz CT molecular complexity index is 1050. The first-order valence-corrected chi connectivity index (χ1v) is 9.90. The van der Waals surface area contributed by atoms with Gasteiger partial charge in [-0.3, -0.25) is 10.1 Å². The lowest BCUT2D eigenvalue weighted by Crippen LogP contribution is -2.19. The summed E-state index contributed by atoms with van der Waals surface area (Å²) in [6.45, 7) is 1.09.